The number of nitrogens with one attached hydrogen (secondary N) is 1. The second-order valence-electron chi connectivity index (χ2n) is 5.59. The first-order chi connectivity index (χ1) is 9.04. The van der Waals surface area contributed by atoms with E-state index in [1.165, 1.54) is 5.56 Å². The van der Waals surface area contributed by atoms with Gasteiger partial charge in [0.2, 0.25) is 5.91 Å². The van der Waals surface area contributed by atoms with Crippen LogP contribution in [0.1, 0.15) is 37.7 Å². The highest BCUT2D eigenvalue weighted by Crippen LogP contribution is 2.44. The van der Waals surface area contributed by atoms with Crippen LogP contribution in [0.15, 0.2) is 28.7 Å². The first kappa shape index (κ1) is 14.5. The van der Waals surface area contributed by atoms with Gasteiger partial charge in [-0.15, -0.1) is 0 Å². The number of carbonyl (C=O) groups excluding carboxylic acids is 1. The molecule has 1 aliphatic carbocycles. The summed E-state index contributed by atoms with van der Waals surface area (Å²) in [6.45, 7) is 2.84. The zero-order chi connectivity index (χ0) is 13.9. The molecule has 0 heterocycles. The highest BCUT2D eigenvalue weighted by Gasteiger charge is 2.42. The van der Waals surface area contributed by atoms with Gasteiger partial charge in [0.05, 0.1) is 6.61 Å². The van der Waals surface area contributed by atoms with E-state index in [1.807, 2.05) is 24.3 Å². The molecule has 4 heteroatoms. The number of amides is 1. The Morgan fingerprint density at radius 3 is 2.58 bits per heavy atom. The smallest absolute Gasteiger partial charge is 0.220 e. The number of rotatable bonds is 6. The molecule has 1 fully saturated rings. The molecule has 1 aromatic carbocycles. The largest absolute Gasteiger partial charge is 0.396 e. The van der Waals surface area contributed by atoms with Crippen molar-refractivity contribution in [1.29, 1.82) is 0 Å². The van der Waals surface area contributed by atoms with E-state index < -0.39 is 0 Å². The molecule has 3 nitrogen and oxygen atoms in total. The number of halogens is 1. The van der Waals surface area contributed by atoms with Crippen LogP contribution < -0.4 is 5.32 Å². The molecule has 1 aliphatic rings. The Kier molecular flexibility index (Phi) is 4.63. The van der Waals surface area contributed by atoms with E-state index in [-0.39, 0.29) is 23.8 Å². The summed E-state index contributed by atoms with van der Waals surface area (Å²) >= 11 is 3.40. The number of carbonyl (C=O) groups is 1. The number of hydrogen-bond acceptors (Lipinski definition) is 2. The van der Waals surface area contributed by atoms with Crippen LogP contribution >= 0.6 is 15.9 Å². The molecule has 0 aliphatic heterocycles. The average Bonchev–Trinajstić information content (AvgIpc) is 3.18. The van der Waals surface area contributed by atoms with Gasteiger partial charge in [0.25, 0.3) is 0 Å². The molecule has 2 rings (SSSR count). The van der Waals surface area contributed by atoms with E-state index in [1.54, 1.807) is 0 Å². The van der Waals surface area contributed by atoms with Crippen LogP contribution in [0.4, 0.5) is 0 Å². The fourth-order valence-corrected chi connectivity index (χ4v) is 2.38. The van der Waals surface area contributed by atoms with Gasteiger partial charge in [-0.1, -0.05) is 35.0 Å². The highest BCUT2D eigenvalue weighted by atomic mass is 79.9. The Morgan fingerprint density at radius 2 is 2.05 bits per heavy atom. The molecule has 19 heavy (non-hydrogen) atoms. The van der Waals surface area contributed by atoms with Crippen LogP contribution in [0.25, 0.3) is 0 Å². The third kappa shape index (κ3) is 4.05. The molecule has 1 atom stereocenters. The number of aliphatic hydroxyl groups excluding tert-OH is 1. The maximum absolute atomic E-state index is 11.9. The first-order valence-corrected chi connectivity index (χ1v) is 7.47. The molecule has 1 amide bonds. The van der Waals surface area contributed by atoms with E-state index in [2.05, 4.69) is 28.2 Å². The minimum Gasteiger partial charge on any atom is -0.396 e. The fraction of sp³-hybridized carbons (Fsp3) is 0.533. The van der Waals surface area contributed by atoms with Gasteiger partial charge < -0.3 is 10.4 Å². The summed E-state index contributed by atoms with van der Waals surface area (Å²) in [5.74, 6) is 0.271. The summed E-state index contributed by atoms with van der Waals surface area (Å²) in [6.07, 6.45) is 2.53. The van der Waals surface area contributed by atoms with Crippen LogP contribution in [0.3, 0.4) is 0 Å². The van der Waals surface area contributed by atoms with Crippen LogP contribution in [0.5, 0.6) is 0 Å². The lowest BCUT2D eigenvalue weighted by Crippen LogP contribution is -2.32. The molecular formula is C15H20BrNO2. The van der Waals surface area contributed by atoms with E-state index in [0.717, 1.165) is 17.3 Å². The van der Waals surface area contributed by atoms with Gasteiger partial charge in [0.15, 0.2) is 0 Å². The van der Waals surface area contributed by atoms with E-state index in [0.29, 0.717) is 13.0 Å². The van der Waals surface area contributed by atoms with Crippen molar-refractivity contribution in [2.75, 3.05) is 13.2 Å². The van der Waals surface area contributed by atoms with Crippen molar-refractivity contribution >= 4 is 21.8 Å². The predicted octanol–water partition coefficient (Wildman–Crippen LogP) is 2.83. The highest BCUT2D eigenvalue weighted by molar-refractivity contribution is 9.10. The lowest BCUT2D eigenvalue weighted by atomic mass is 9.97. The quantitative estimate of drug-likeness (QED) is 0.844. The number of hydrogen-bond donors (Lipinski definition) is 2. The average molecular weight is 326 g/mol. The van der Waals surface area contributed by atoms with Gasteiger partial charge in [-0.25, -0.2) is 0 Å². The number of aliphatic hydroxyl groups is 1. The minimum absolute atomic E-state index is 0.0174. The van der Waals surface area contributed by atoms with Gasteiger partial charge >= 0.3 is 0 Å². The van der Waals surface area contributed by atoms with Crippen molar-refractivity contribution in [3.63, 3.8) is 0 Å². The van der Waals surface area contributed by atoms with Crippen molar-refractivity contribution in [2.45, 2.75) is 32.1 Å². The monoisotopic (exact) mass is 325 g/mol. The summed E-state index contributed by atoms with van der Waals surface area (Å²) in [6, 6.07) is 8.07. The molecule has 1 aromatic rings. The minimum atomic E-state index is -0.0174. The van der Waals surface area contributed by atoms with Crippen molar-refractivity contribution in [2.24, 2.45) is 5.41 Å². The zero-order valence-corrected chi connectivity index (χ0v) is 12.7. The van der Waals surface area contributed by atoms with E-state index >= 15 is 0 Å². The fourth-order valence-electron chi connectivity index (χ4n) is 2.11. The van der Waals surface area contributed by atoms with Crippen LogP contribution in [0.2, 0.25) is 0 Å². The van der Waals surface area contributed by atoms with E-state index in [4.69, 9.17) is 0 Å². The van der Waals surface area contributed by atoms with Gasteiger partial charge in [-0.2, -0.15) is 0 Å². The van der Waals surface area contributed by atoms with Crippen molar-refractivity contribution in [1.82, 2.24) is 5.32 Å². The standard InChI is InChI=1S/C15H20BrNO2/c1-11(12-2-4-13(16)5-3-12)8-14(19)17-9-15(10-18)6-7-15/h2-5,11,18H,6-10H2,1H3,(H,17,19). The van der Waals surface area contributed by atoms with Gasteiger partial charge in [0.1, 0.15) is 0 Å². The molecule has 1 saturated carbocycles. The Hall–Kier alpha value is -0.870. The Balaban J connectivity index is 1.80. The second kappa shape index (κ2) is 6.06. The molecule has 2 N–H and O–H groups in total. The topological polar surface area (TPSA) is 49.3 Å². The van der Waals surface area contributed by atoms with Crippen LogP contribution in [-0.2, 0) is 4.79 Å². The summed E-state index contributed by atoms with van der Waals surface area (Å²) in [7, 11) is 0. The molecule has 0 spiro atoms. The molecule has 0 saturated heterocycles. The third-order valence-corrected chi connectivity index (χ3v) is 4.41. The lowest BCUT2D eigenvalue weighted by molar-refractivity contribution is -0.121. The predicted molar refractivity (Wildman–Crippen MR) is 78.9 cm³/mol. The van der Waals surface area contributed by atoms with Crippen LogP contribution in [-0.4, -0.2) is 24.2 Å². The molecular weight excluding hydrogens is 306 g/mol. The Bertz CT molecular complexity index is 440. The van der Waals surface area contributed by atoms with Crippen molar-refractivity contribution < 1.29 is 9.90 Å². The Morgan fingerprint density at radius 1 is 1.42 bits per heavy atom. The summed E-state index contributed by atoms with van der Waals surface area (Å²) in [5.41, 5.74) is 1.15. The second-order valence-corrected chi connectivity index (χ2v) is 6.51. The summed E-state index contributed by atoms with van der Waals surface area (Å²) in [5, 5.41) is 12.1. The van der Waals surface area contributed by atoms with Crippen molar-refractivity contribution in [3.05, 3.63) is 34.3 Å². The van der Waals surface area contributed by atoms with Gasteiger partial charge in [-0.05, 0) is 36.5 Å². The van der Waals surface area contributed by atoms with Crippen LogP contribution in [0, 0.1) is 5.41 Å². The molecule has 104 valence electrons. The first-order valence-electron chi connectivity index (χ1n) is 6.68. The normalized spacial score (nSPS) is 17.8. The molecule has 0 radical (unpaired) electrons. The number of benzene rings is 1. The summed E-state index contributed by atoms with van der Waals surface area (Å²) in [4.78, 5) is 11.9. The Labute approximate surface area is 122 Å². The summed E-state index contributed by atoms with van der Waals surface area (Å²) < 4.78 is 1.05. The van der Waals surface area contributed by atoms with E-state index in [9.17, 15) is 9.90 Å². The van der Waals surface area contributed by atoms with Crippen molar-refractivity contribution in [3.8, 4) is 0 Å². The van der Waals surface area contributed by atoms with Gasteiger partial charge in [0, 0.05) is 22.9 Å². The molecule has 0 bridgehead atoms. The third-order valence-electron chi connectivity index (χ3n) is 3.88. The maximum atomic E-state index is 11.9. The molecule has 1 unspecified atom stereocenters. The van der Waals surface area contributed by atoms with Gasteiger partial charge in [-0.3, -0.25) is 4.79 Å². The SMILES string of the molecule is CC(CC(=O)NCC1(CO)CC1)c1ccc(Br)cc1. The maximum Gasteiger partial charge on any atom is 0.220 e. The zero-order valence-electron chi connectivity index (χ0n) is 11.2. The molecule has 0 aromatic heterocycles. The lowest BCUT2D eigenvalue weighted by Gasteiger charge is -2.15.